The van der Waals surface area contributed by atoms with E-state index in [4.69, 9.17) is 9.47 Å². The number of nitrogens with zero attached hydrogens (tertiary/aromatic N) is 6. The van der Waals surface area contributed by atoms with Gasteiger partial charge in [-0.2, -0.15) is 10.4 Å². The van der Waals surface area contributed by atoms with Crippen LogP contribution in [0.2, 0.25) is 0 Å². The lowest BCUT2D eigenvalue weighted by Crippen LogP contribution is -2.47. The van der Waals surface area contributed by atoms with Crippen LogP contribution in [0.3, 0.4) is 0 Å². The number of methoxy groups -OCH3 is 1. The Bertz CT molecular complexity index is 1520. The van der Waals surface area contributed by atoms with Gasteiger partial charge in [0, 0.05) is 32.5 Å². The van der Waals surface area contributed by atoms with E-state index in [2.05, 4.69) is 10.1 Å². The fourth-order valence-electron chi connectivity index (χ4n) is 4.90. The number of fused-ring (bicyclic) bond motifs is 1. The Morgan fingerprint density at radius 3 is 2.73 bits per heavy atom. The van der Waals surface area contributed by atoms with Gasteiger partial charge < -0.3 is 19.5 Å². The molecule has 0 spiro atoms. The zero-order valence-electron chi connectivity index (χ0n) is 22.6. The van der Waals surface area contributed by atoms with Crippen molar-refractivity contribution in [1.82, 2.24) is 19.7 Å². The Labute approximate surface area is 230 Å². The molecule has 2 aliphatic rings. The van der Waals surface area contributed by atoms with Crippen LogP contribution in [0.1, 0.15) is 48.8 Å². The van der Waals surface area contributed by atoms with E-state index in [0.29, 0.717) is 25.3 Å². The molecule has 0 saturated carbocycles. The Balaban J connectivity index is 1.61. The molecule has 1 aromatic carbocycles. The number of rotatable bonds is 4. The summed E-state index contributed by atoms with van der Waals surface area (Å²) in [6, 6.07) is 9.38. The molecule has 0 radical (unpaired) electrons. The molecule has 0 unspecified atom stereocenters. The van der Waals surface area contributed by atoms with Crippen molar-refractivity contribution in [2.24, 2.45) is 0 Å². The first-order valence-corrected chi connectivity index (χ1v) is 12.8. The number of carbonyl (C=O) groups excluding carboxylic acids is 2. The van der Waals surface area contributed by atoms with Crippen molar-refractivity contribution in [2.45, 2.75) is 51.5 Å². The van der Waals surface area contributed by atoms with Gasteiger partial charge in [0.2, 0.25) is 0 Å². The summed E-state index contributed by atoms with van der Waals surface area (Å²) in [5.41, 5.74) is -0.0185. The predicted molar refractivity (Wildman–Crippen MR) is 141 cm³/mol. The van der Waals surface area contributed by atoms with E-state index in [0.717, 1.165) is 4.90 Å². The summed E-state index contributed by atoms with van der Waals surface area (Å²) in [6.45, 7) is 5.86. The fraction of sp³-hybridized carbons (Fsp3) is 0.393. The number of hydrogen-bond donors (Lipinski definition) is 1. The number of aliphatic hydroxyl groups excluding tert-OH is 1. The van der Waals surface area contributed by atoms with Gasteiger partial charge in [0.15, 0.2) is 5.82 Å². The van der Waals surface area contributed by atoms with Crippen molar-refractivity contribution in [1.29, 1.82) is 5.26 Å². The highest BCUT2D eigenvalue weighted by Crippen LogP contribution is 2.34. The van der Waals surface area contributed by atoms with Gasteiger partial charge in [0.25, 0.3) is 5.91 Å². The quantitative estimate of drug-likeness (QED) is 0.520. The second-order valence-electron chi connectivity index (χ2n) is 10.7. The number of ether oxygens (including phenoxy) is 2. The number of imide groups is 1. The predicted octanol–water partition coefficient (Wildman–Crippen LogP) is 3.42. The molecule has 11 nitrogen and oxygen atoms in total. The van der Waals surface area contributed by atoms with Gasteiger partial charge in [0.05, 0.1) is 52.5 Å². The number of aliphatic hydroxyl groups is 1. The molecule has 0 bridgehead atoms. The molecule has 1 fully saturated rings. The van der Waals surface area contributed by atoms with Crippen LogP contribution >= 0.6 is 0 Å². The van der Waals surface area contributed by atoms with Crippen LogP contribution < -0.4 is 4.90 Å². The van der Waals surface area contributed by atoms with E-state index in [1.54, 1.807) is 33.0 Å². The van der Waals surface area contributed by atoms with Crippen LogP contribution in [-0.4, -0.2) is 74.8 Å². The monoisotopic (exact) mass is 548 g/mol. The molecule has 1 saturated heterocycles. The van der Waals surface area contributed by atoms with E-state index in [9.17, 15) is 20.0 Å². The maximum atomic E-state index is 15.0. The normalized spacial score (nSPS) is 19.0. The van der Waals surface area contributed by atoms with Crippen LogP contribution in [0.5, 0.6) is 0 Å². The minimum Gasteiger partial charge on any atom is -0.443 e. The van der Waals surface area contributed by atoms with E-state index >= 15 is 4.39 Å². The maximum absolute atomic E-state index is 15.0. The molecule has 2 amide bonds. The summed E-state index contributed by atoms with van der Waals surface area (Å²) in [4.78, 5) is 33.9. The van der Waals surface area contributed by atoms with Gasteiger partial charge in [-0.1, -0.05) is 6.07 Å². The molecule has 4 heterocycles. The molecular weight excluding hydrogens is 519 g/mol. The largest absolute Gasteiger partial charge is 0.443 e. The van der Waals surface area contributed by atoms with Crippen LogP contribution in [0.4, 0.5) is 15.0 Å². The standard InChI is InChI=1S/C28H29FN6O5/c1-28(2,3)40-27(38)34-14-19-25(26(34)37)20(12-18(31-19)24-16(13-30)6-5-7-17(24)29)35-11-9-23(32-35)33-10-8-21(36)22(15-33)39-4/h5-7,9,11-12,21-22,36H,8,10,14-15H2,1-4H3/t21-,22+/m1/s1. The average Bonchev–Trinajstić information content (AvgIpc) is 3.52. The molecule has 0 aliphatic carbocycles. The van der Waals surface area contributed by atoms with E-state index in [1.165, 1.54) is 36.1 Å². The number of anilines is 1. The highest BCUT2D eigenvalue weighted by Gasteiger charge is 2.39. The van der Waals surface area contributed by atoms with E-state index in [1.807, 2.05) is 11.0 Å². The first-order valence-electron chi connectivity index (χ1n) is 12.8. The summed E-state index contributed by atoms with van der Waals surface area (Å²) in [5, 5.41) is 24.5. The summed E-state index contributed by atoms with van der Waals surface area (Å²) in [7, 11) is 1.54. The highest BCUT2D eigenvalue weighted by molar-refractivity contribution is 6.08. The van der Waals surface area contributed by atoms with Crippen LogP contribution in [0.15, 0.2) is 36.5 Å². The molecule has 2 aliphatic heterocycles. The minimum atomic E-state index is -0.832. The Morgan fingerprint density at radius 1 is 1.25 bits per heavy atom. The van der Waals surface area contributed by atoms with Crippen LogP contribution in [0, 0.1) is 17.1 Å². The highest BCUT2D eigenvalue weighted by atomic mass is 19.1. The number of amides is 2. The van der Waals surface area contributed by atoms with Crippen molar-refractivity contribution < 1.29 is 28.6 Å². The maximum Gasteiger partial charge on any atom is 0.417 e. The van der Waals surface area contributed by atoms with Gasteiger partial charge in [-0.3, -0.25) is 4.79 Å². The molecular formula is C28H29FN6O5. The lowest BCUT2D eigenvalue weighted by Gasteiger charge is -2.35. The van der Waals surface area contributed by atoms with Crippen molar-refractivity contribution in [3.63, 3.8) is 0 Å². The number of hydrogen-bond acceptors (Lipinski definition) is 9. The zero-order valence-corrected chi connectivity index (χ0v) is 22.6. The number of halogens is 1. The van der Waals surface area contributed by atoms with E-state index in [-0.39, 0.29) is 46.4 Å². The number of piperidine rings is 1. The fourth-order valence-corrected chi connectivity index (χ4v) is 4.90. The third kappa shape index (κ3) is 5.01. The summed E-state index contributed by atoms with van der Waals surface area (Å²) < 4.78 is 27.3. The average molecular weight is 549 g/mol. The third-order valence-corrected chi connectivity index (χ3v) is 6.82. The Kier molecular flexibility index (Phi) is 7.03. The van der Waals surface area contributed by atoms with Gasteiger partial charge in [-0.25, -0.2) is 23.8 Å². The van der Waals surface area contributed by atoms with Gasteiger partial charge in [-0.05, 0) is 45.4 Å². The molecule has 208 valence electrons. The van der Waals surface area contributed by atoms with Crippen molar-refractivity contribution in [3.8, 4) is 23.0 Å². The van der Waals surface area contributed by atoms with Crippen LogP contribution in [0.25, 0.3) is 16.9 Å². The van der Waals surface area contributed by atoms with E-state index < -0.39 is 29.5 Å². The molecule has 40 heavy (non-hydrogen) atoms. The lowest BCUT2D eigenvalue weighted by molar-refractivity contribution is -0.0207. The topological polar surface area (TPSA) is 134 Å². The lowest BCUT2D eigenvalue weighted by atomic mass is 10.0. The van der Waals surface area contributed by atoms with Gasteiger partial charge in [0.1, 0.15) is 17.5 Å². The smallest absolute Gasteiger partial charge is 0.417 e. The van der Waals surface area contributed by atoms with Crippen molar-refractivity contribution in [3.05, 3.63) is 59.2 Å². The molecule has 3 aromatic rings. The van der Waals surface area contributed by atoms with Gasteiger partial charge in [-0.15, -0.1) is 0 Å². The Hall–Kier alpha value is -4.34. The number of nitriles is 1. The first-order chi connectivity index (χ1) is 19.0. The minimum absolute atomic E-state index is 0.0162. The molecule has 2 aromatic heterocycles. The van der Waals surface area contributed by atoms with Crippen molar-refractivity contribution in [2.75, 3.05) is 25.1 Å². The first kappa shape index (κ1) is 27.2. The second-order valence-corrected chi connectivity index (χ2v) is 10.7. The molecule has 5 rings (SSSR count). The molecule has 1 N–H and O–H groups in total. The Morgan fingerprint density at radius 2 is 2.02 bits per heavy atom. The third-order valence-electron chi connectivity index (χ3n) is 6.82. The number of pyridine rings is 1. The second kappa shape index (κ2) is 10.3. The summed E-state index contributed by atoms with van der Waals surface area (Å²) >= 11 is 0. The van der Waals surface area contributed by atoms with Crippen molar-refractivity contribution >= 4 is 17.8 Å². The SMILES string of the molecule is CO[C@H]1CN(c2ccn(-c3cc(-c4c(F)cccc4C#N)nc4c3C(=O)N(C(=O)OC(C)(C)C)C4)n2)CC[C@H]1O. The molecule has 12 heteroatoms. The summed E-state index contributed by atoms with van der Waals surface area (Å²) in [6.07, 6.45) is 0.349. The molecule has 2 atom stereocenters. The number of carbonyl (C=O) groups is 2. The number of benzene rings is 1. The summed E-state index contributed by atoms with van der Waals surface area (Å²) in [5.74, 6) is -0.687. The zero-order chi connectivity index (χ0) is 28.8. The number of aromatic nitrogens is 3. The van der Waals surface area contributed by atoms with Gasteiger partial charge >= 0.3 is 6.09 Å². The van der Waals surface area contributed by atoms with Crippen LogP contribution in [-0.2, 0) is 16.0 Å².